The number of rotatable bonds is 9. The summed E-state index contributed by atoms with van der Waals surface area (Å²) in [5.41, 5.74) is 3.80. The van der Waals surface area contributed by atoms with Crippen LogP contribution in [0.25, 0.3) is 10.4 Å². The zero-order valence-electron chi connectivity index (χ0n) is 20.9. The van der Waals surface area contributed by atoms with Crippen LogP contribution in [0, 0.1) is 6.92 Å². The lowest BCUT2D eigenvalue weighted by Gasteiger charge is -2.28. The number of carbonyl (C=O) groups is 1. The molecular weight excluding hydrogens is 470 g/mol. The van der Waals surface area contributed by atoms with E-state index in [1.54, 1.807) is 11.3 Å². The molecule has 4 N–H and O–H groups in total. The fourth-order valence-electron chi connectivity index (χ4n) is 4.79. The van der Waals surface area contributed by atoms with Crippen LogP contribution < -0.4 is 20.7 Å². The highest BCUT2D eigenvalue weighted by Crippen LogP contribution is 2.31. The standard InChI is InChI=1S/C29H35N3O3S/c1-18-6-9-24(35-25-15-30-16-25)14-27(18)29(34)32-19(2)20-4-3-5-21(12-20)28-11-10-26(36-28)17-31-22-7-8-23(33)13-22/h3-6,9-12,14,19,22-23,25,30-31,33H,7-8,13,15-17H2,1-2H3,(H,32,34)/t19-,22+,23-/m1/s1. The fraction of sp³-hybridized carbons (Fsp3) is 0.414. The smallest absolute Gasteiger partial charge is 0.252 e. The molecule has 2 aliphatic rings. The number of hydrogen-bond donors (Lipinski definition) is 4. The van der Waals surface area contributed by atoms with Gasteiger partial charge in [0.25, 0.3) is 5.91 Å². The average Bonchev–Trinajstić information content (AvgIpc) is 3.50. The van der Waals surface area contributed by atoms with Crippen LogP contribution in [0.4, 0.5) is 0 Å². The van der Waals surface area contributed by atoms with Gasteiger partial charge in [0.05, 0.1) is 12.1 Å². The van der Waals surface area contributed by atoms with E-state index in [0.717, 1.165) is 61.3 Å². The van der Waals surface area contributed by atoms with E-state index in [1.807, 2.05) is 32.0 Å². The molecule has 0 radical (unpaired) electrons. The number of nitrogens with one attached hydrogen (secondary N) is 3. The maximum absolute atomic E-state index is 13.1. The molecule has 2 heterocycles. The maximum atomic E-state index is 13.1. The lowest BCUT2D eigenvalue weighted by Crippen LogP contribution is -2.50. The van der Waals surface area contributed by atoms with Crippen molar-refractivity contribution in [3.05, 3.63) is 76.2 Å². The second kappa shape index (κ2) is 11.1. The molecule has 1 aliphatic heterocycles. The topological polar surface area (TPSA) is 82.6 Å². The van der Waals surface area contributed by atoms with E-state index in [-0.39, 0.29) is 24.2 Å². The van der Waals surface area contributed by atoms with Gasteiger partial charge in [0.1, 0.15) is 11.9 Å². The first-order valence-corrected chi connectivity index (χ1v) is 13.7. The van der Waals surface area contributed by atoms with Crippen molar-refractivity contribution >= 4 is 17.2 Å². The summed E-state index contributed by atoms with van der Waals surface area (Å²) in [6.45, 7) is 6.48. The van der Waals surface area contributed by atoms with Crippen LogP contribution in [0.3, 0.4) is 0 Å². The molecule has 36 heavy (non-hydrogen) atoms. The Balaban J connectivity index is 1.22. The maximum Gasteiger partial charge on any atom is 0.252 e. The zero-order chi connectivity index (χ0) is 25.1. The summed E-state index contributed by atoms with van der Waals surface area (Å²) in [5, 5.41) is 19.7. The Morgan fingerprint density at radius 2 is 2.03 bits per heavy atom. The largest absolute Gasteiger partial charge is 0.488 e. The summed E-state index contributed by atoms with van der Waals surface area (Å²) in [6, 6.07) is 18.7. The molecule has 0 bridgehead atoms. The van der Waals surface area contributed by atoms with E-state index >= 15 is 0 Å². The first-order chi connectivity index (χ1) is 17.4. The van der Waals surface area contributed by atoms with Gasteiger partial charge in [-0.25, -0.2) is 0 Å². The summed E-state index contributed by atoms with van der Waals surface area (Å²) in [6.07, 6.45) is 2.80. The summed E-state index contributed by atoms with van der Waals surface area (Å²) in [7, 11) is 0. The second-order valence-corrected chi connectivity index (χ2v) is 11.2. The number of amides is 1. The predicted molar refractivity (Wildman–Crippen MR) is 145 cm³/mol. The lowest BCUT2D eigenvalue weighted by atomic mass is 10.0. The third kappa shape index (κ3) is 5.98. The van der Waals surface area contributed by atoms with Crippen LogP contribution in [-0.2, 0) is 6.54 Å². The molecule has 1 saturated carbocycles. The molecule has 0 spiro atoms. The molecule has 2 fully saturated rings. The molecule has 6 nitrogen and oxygen atoms in total. The fourth-order valence-corrected chi connectivity index (χ4v) is 5.75. The quantitative estimate of drug-likeness (QED) is 0.343. The summed E-state index contributed by atoms with van der Waals surface area (Å²) in [5.74, 6) is 0.642. The van der Waals surface area contributed by atoms with Gasteiger partial charge in [-0.05, 0) is 80.1 Å². The Kier molecular flexibility index (Phi) is 7.72. The summed E-state index contributed by atoms with van der Waals surface area (Å²) < 4.78 is 5.95. The minimum absolute atomic E-state index is 0.0934. The highest BCUT2D eigenvalue weighted by molar-refractivity contribution is 7.15. The SMILES string of the molecule is Cc1ccc(OC2CNC2)cc1C(=O)N[C@H](C)c1cccc(-c2ccc(CN[C@H]3CC[C@@H](O)C3)s2)c1. The molecule has 2 aromatic carbocycles. The number of thiophene rings is 1. The summed E-state index contributed by atoms with van der Waals surface area (Å²) >= 11 is 1.79. The minimum Gasteiger partial charge on any atom is -0.488 e. The Labute approximate surface area is 217 Å². The first kappa shape index (κ1) is 25.0. The normalized spacial score (nSPS) is 20.6. The van der Waals surface area contributed by atoms with E-state index in [4.69, 9.17) is 4.74 Å². The molecule has 1 saturated heterocycles. The van der Waals surface area contributed by atoms with Crippen molar-refractivity contribution in [2.45, 2.75) is 63.9 Å². The summed E-state index contributed by atoms with van der Waals surface area (Å²) in [4.78, 5) is 15.6. The van der Waals surface area contributed by atoms with Crippen molar-refractivity contribution in [1.82, 2.24) is 16.0 Å². The van der Waals surface area contributed by atoms with Crippen LogP contribution in [-0.4, -0.2) is 42.4 Å². The predicted octanol–water partition coefficient (Wildman–Crippen LogP) is 4.57. The van der Waals surface area contributed by atoms with Gasteiger partial charge in [0.15, 0.2) is 0 Å². The third-order valence-electron chi connectivity index (χ3n) is 7.15. The Morgan fingerprint density at radius 1 is 1.17 bits per heavy atom. The van der Waals surface area contributed by atoms with Crippen molar-refractivity contribution in [2.75, 3.05) is 13.1 Å². The molecule has 3 aromatic rings. The van der Waals surface area contributed by atoms with Crippen molar-refractivity contribution in [3.63, 3.8) is 0 Å². The van der Waals surface area contributed by atoms with Gasteiger partial charge in [-0.3, -0.25) is 4.79 Å². The van der Waals surface area contributed by atoms with E-state index in [2.05, 4.69) is 52.3 Å². The molecule has 0 unspecified atom stereocenters. The molecule has 1 amide bonds. The number of hydrogen-bond acceptors (Lipinski definition) is 6. The van der Waals surface area contributed by atoms with E-state index in [9.17, 15) is 9.90 Å². The van der Waals surface area contributed by atoms with Gasteiger partial charge in [-0.15, -0.1) is 11.3 Å². The van der Waals surface area contributed by atoms with Gasteiger partial charge in [-0.2, -0.15) is 0 Å². The Hall–Kier alpha value is -2.71. The van der Waals surface area contributed by atoms with Gasteiger partial charge < -0.3 is 25.8 Å². The molecule has 7 heteroatoms. The molecular formula is C29H35N3O3S. The third-order valence-corrected chi connectivity index (χ3v) is 8.29. The van der Waals surface area contributed by atoms with Crippen molar-refractivity contribution in [3.8, 4) is 16.2 Å². The number of aryl methyl sites for hydroxylation is 1. The number of ether oxygens (including phenoxy) is 1. The number of benzene rings is 2. The van der Waals surface area contributed by atoms with E-state index in [1.165, 1.54) is 9.75 Å². The van der Waals surface area contributed by atoms with Gasteiger partial charge in [-0.1, -0.05) is 24.3 Å². The molecule has 1 aliphatic carbocycles. The number of carbonyl (C=O) groups excluding carboxylic acids is 1. The molecule has 3 atom stereocenters. The Bertz CT molecular complexity index is 1210. The second-order valence-electron chi connectivity index (χ2n) is 10.0. The average molecular weight is 506 g/mol. The highest BCUT2D eigenvalue weighted by Gasteiger charge is 2.22. The molecule has 5 rings (SSSR count). The Morgan fingerprint density at radius 3 is 2.78 bits per heavy atom. The van der Waals surface area contributed by atoms with Crippen molar-refractivity contribution < 1.29 is 14.6 Å². The van der Waals surface area contributed by atoms with Gasteiger partial charge in [0, 0.05) is 41.0 Å². The van der Waals surface area contributed by atoms with E-state index < -0.39 is 0 Å². The lowest BCUT2D eigenvalue weighted by molar-refractivity contribution is 0.0937. The van der Waals surface area contributed by atoms with Crippen LogP contribution in [0.5, 0.6) is 5.75 Å². The molecule has 190 valence electrons. The first-order valence-electron chi connectivity index (χ1n) is 12.8. The number of aliphatic hydroxyl groups is 1. The van der Waals surface area contributed by atoms with Gasteiger partial charge in [0.2, 0.25) is 0 Å². The van der Waals surface area contributed by atoms with Crippen LogP contribution in [0.1, 0.15) is 58.6 Å². The minimum atomic E-state index is -0.155. The van der Waals surface area contributed by atoms with E-state index in [0.29, 0.717) is 11.6 Å². The highest BCUT2D eigenvalue weighted by atomic mass is 32.1. The monoisotopic (exact) mass is 505 g/mol. The van der Waals surface area contributed by atoms with Crippen LogP contribution >= 0.6 is 11.3 Å². The van der Waals surface area contributed by atoms with Crippen LogP contribution in [0.15, 0.2) is 54.6 Å². The molecule has 1 aromatic heterocycles. The van der Waals surface area contributed by atoms with Gasteiger partial charge >= 0.3 is 0 Å². The van der Waals surface area contributed by atoms with Crippen molar-refractivity contribution in [1.29, 1.82) is 0 Å². The number of aliphatic hydroxyl groups excluding tert-OH is 1. The zero-order valence-corrected chi connectivity index (χ0v) is 21.7. The van der Waals surface area contributed by atoms with Crippen molar-refractivity contribution in [2.24, 2.45) is 0 Å². The van der Waals surface area contributed by atoms with Crippen LogP contribution in [0.2, 0.25) is 0 Å².